The molecule has 1 rings (SSSR count). The normalized spacial score (nSPS) is 11.2. The molecular formula is C15H24O3S. The van der Waals surface area contributed by atoms with Gasteiger partial charge in [0.15, 0.2) is 9.84 Å². The number of hydrogen-bond acceptors (Lipinski definition) is 3. The Morgan fingerprint density at radius 1 is 1.00 bits per heavy atom. The fourth-order valence-corrected chi connectivity index (χ4v) is 2.06. The Morgan fingerprint density at radius 3 is 1.63 bits per heavy atom. The third-order valence-electron chi connectivity index (χ3n) is 2.78. The monoisotopic (exact) mass is 284 g/mol. The van der Waals surface area contributed by atoms with Crippen molar-refractivity contribution in [3.63, 3.8) is 0 Å². The first-order valence-corrected chi connectivity index (χ1v) is 7.94. The molecule has 0 saturated carbocycles. The Hall–Kier alpha value is -1.16. The van der Waals surface area contributed by atoms with E-state index < -0.39 is 9.84 Å². The van der Waals surface area contributed by atoms with Crippen molar-refractivity contribution >= 4 is 15.6 Å². The van der Waals surface area contributed by atoms with Crippen LogP contribution in [-0.4, -0.2) is 19.5 Å². The number of aryl methyl sites for hydroxylation is 1. The van der Waals surface area contributed by atoms with Crippen LogP contribution >= 0.6 is 0 Å². The molecule has 19 heavy (non-hydrogen) atoms. The summed E-state index contributed by atoms with van der Waals surface area (Å²) in [6.07, 6.45) is 0. The molecule has 0 heterocycles. The van der Waals surface area contributed by atoms with Crippen molar-refractivity contribution in [3.8, 4) is 0 Å². The molecule has 1 aromatic rings. The van der Waals surface area contributed by atoms with Crippen molar-refractivity contribution < 1.29 is 13.2 Å². The molecule has 0 aliphatic rings. The highest BCUT2D eigenvalue weighted by atomic mass is 32.2. The molecule has 0 unspecified atom stereocenters. The van der Waals surface area contributed by atoms with Crippen LogP contribution in [0.3, 0.4) is 0 Å². The summed E-state index contributed by atoms with van der Waals surface area (Å²) < 4.78 is 23.3. The summed E-state index contributed by atoms with van der Waals surface area (Å²) in [4.78, 5) is 10.6. The molecule has 4 heteroatoms. The molecule has 3 nitrogen and oxygen atoms in total. The van der Waals surface area contributed by atoms with Crippen LogP contribution in [0, 0.1) is 12.8 Å². The Kier molecular flexibility index (Phi) is 6.98. The van der Waals surface area contributed by atoms with Crippen LogP contribution < -0.4 is 0 Å². The summed E-state index contributed by atoms with van der Waals surface area (Å²) in [5, 5.41) is -0.352. The van der Waals surface area contributed by atoms with Crippen LogP contribution in [0.1, 0.15) is 40.2 Å². The van der Waals surface area contributed by atoms with Gasteiger partial charge in [-0.2, -0.15) is 0 Å². The molecule has 1 aromatic carbocycles. The van der Waals surface area contributed by atoms with Gasteiger partial charge in [-0.1, -0.05) is 31.5 Å². The van der Waals surface area contributed by atoms with Crippen LogP contribution in [0.15, 0.2) is 29.2 Å². The van der Waals surface area contributed by atoms with E-state index in [9.17, 15) is 13.2 Å². The van der Waals surface area contributed by atoms with E-state index >= 15 is 0 Å². The summed E-state index contributed by atoms with van der Waals surface area (Å²) in [6, 6.07) is 6.94. The van der Waals surface area contributed by atoms with Crippen LogP contribution in [0.5, 0.6) is 0 Å². The molecule has 0 spiro atoms. The maximum atomic E-state index is 11.6. The standard InChI is InChI=1S/C10H14O2S.C5H10O/c1-8(2)13(11,12)10-6-4-9(3)5-7-10;1-4(2)5(3)6/h4-8H,1-3H3;4H,1-3H3. The first kappa shape index (κ1) is 17.8. The number of sulfone groups is 1. The molecule has 0 amide bonds. The highest BCUT2D eigenvalue weighted by Gasteiger charge is 2.18. The zero-order chi connectivity index (χ0) is 15.2. The molecule has 0 fully saturated rings. The molecule has 0 atom stereocenters. The van der Waals surface area contributed by atoms with E-state index in [0.29, 0.717) is 4.90 Å². The van der Waals surface area contributed by atoms with E-state index in [1.54, 1.807) is 32.9 Å². The minimum atomic E-state index is -3.09. The number of benzene rings is 1. The van der Waals surface area contributed by atoms with E-state index in [1.807, 2.05) is 32.9 Å². The van der Waals surface area contributed by atoms with E-state index in [-0.39, 0.29) is 17.0 Å². The molecule has 0 saturated heterocycles. The zero-order valence-electron chi connectivity index (χ0n) is 12.6. The van der Waals surface area contributed by atoms with Gasteiger partial charge in [-0.05, 0) is 39.8 Å². The lowest BCUT2D eigenvalue weighted by Crippen LogP contribution is -2.13. The van der Waals surface area contributed by atoms with Gasteiger partial charge in [0.2, 0.25) is 0 Å². The Morgan fingerprint density at radius 2 is 1.37 bits per heavy atom. The number of carbonyl (C=O) groups is 1. The summed E-state index contributed by atoms with van der Waals surface area (Å²) in [6.45, 7) is 10.7. The van der Waals surface area contributed by atoms with Gasteiger partial charge in [-0.3, -0.25) is 4.79 Å². The second kappa shape index (κ2) is 7.43. The fraction of sp³-hybridized carbons (Fsp3) is 0.533. The molecule has 0 N–H and O–H groups in total. The Bertz CT molecular complexity index is 497. The van der Waals surface area contributed by atoms with Crippen LogP contribution in [-0.2, 0) is 14.6 Å². The van der Waals surface area contributed by atoms with Gasteiger partial charge in [-0.25, -0.2) is 8.42 Å². The predicted octanol–water partition coefficient (Wildman–Crippen LogP) is 3.41. The lowest BCUT2D eigenvalue weighted by Gasteiger charge is -2.07. The minimum Gasteiger partial charge on any atom is -0.300 e. The topological polar surface area (TPSA) is 51.2 Å². The van der Waals surface area contributed by atoms with Gasteiger partial charge in [-0.15, -0.1) is 0 Å². The number of Topliss-reactive ketones (excluding diaryl/α,β-unsaturated/α-hetero) is 1. The number of hydrogen-bond donors (Lipinski definition) is 0. The maximum Gasteiger partial charge on any atom is 0.180 e. The largest absolute Gasteiger partial charge is 0.300 e. The third kappa shape index (κ3) is 6.01. The van der Waals surface area contributed by atoms with E-state index in [2.05, 4.69) is 0 Å². The fourth-order valence-electron chi connectivity index (χ4n) is 1.00. The molecule has 0 radical (unpaired) electrons. The van der Waals surface area contributed by atoms with Crippen molar-refractivity contribution in [1.29, 1.82) is 0 Å². The summed E-state index contributed by atoms with van der Waals surface area (Å²) in [7, 11) is -3.09. The lowest BCUT2D eigenvalue weighted by molar-refractivity contribution is -0.119. The average Bonchev–Trinajstić information content (AvgIpc) is 2.30. The summed E-state index contributed by atoms with van der Waals surface area (Å²) >= 11 is 0. The van der Waals surface area contributed by atoms with Crippen molar-refractivity contribution in [2.24, 2.45) is 5.92 Å². The van der Waals surface area contributed by atoms with Crippen LogP contribution in [0.25, 0.3) is 0 Å². The van der Waals surface area contributed by atoms with Gasteiger partial charge in [0.05, 0.1) is 10.1 Å². The number of rotatable bonds is 3. The van der Waals surface area contributed by atoms with Crippen LogP contribution in [0.2, 0.25) is 0 Å². The van der Waals surface area contributed by atoms with Crippen LogP contribution in [0.4, 0.5) is 0 Å². The summed E-state index contributed by atoms with van der Waals surface area (Å²) in [5.41, 5.74) is 1.07. The molecule has 0 aliphatic heterocycles. The average molecular weight is 284 g/mol. The zero-order valence-corrected chi connectivity index (χ0v) is 13.4. The lowest BCUT2D eigenvalue weighted by atomic mass is 10.1. The second-order valence-corrected chi connectivity index (χ2v) is 7.68. The van der Waals surface area contributed by atoms with Gasteiger partial charge < -0.3 is 0 Å². The smallest absolute Gasteiger partial charge is 0.180 e. The van der Waals surface area contributed by atoms with Crippen molar-refractivity contribution in [2.75, 3.05) is 0 Å². The SMILES string of the molecule is CC(=O)C(C)C.Cc1ccc(S(=O)(=O)C(C)C)cc1. The Labute approximate surface area is 117 Å². The van der Waals surface area contributed by atoms with Crippen molar-refractivity contribution in [3.05, 3.63) is 29.8 Å². The quantitative estimate of drug-likeness (QED) is 0.854. The van der Waals surface area contributed by atoms with Gasteiger partial charge in [0, 0.05) is 5.92 Å². The molecule has 108 valence electrons. The van der Waals surface area contributed by atoms with Gasteiger partial charge in [0.25, 0.3) is 0 Å². The molecule has 0 aliphatic carbocycles. The first-order chi connectivity index (χ1) is 8.59. The maximum absolute atomic E-state index is 11.6. The van der Waals surface area contributed by atoms with E-state index in [0.717, 1.165) is 5.56 Å². The Balaban J connectivity index is 0.000000459. The molecule has 0 aromatic heterocycles. The first-order valence-electron chi connectivity index (χ1n) is 6.40. The summed E-state index contributed by atoms with van der Waals surface area (Å²) in [5.74, 6) is 0.472. The predicted molar refractivity (Wildman–Crippen MR) is 79.0 cm³/mol. The molecular weight excluding hydrogens is 260 g/mol. The van der Waals surface area contributed by atoms with E-state index in [4.69, 9.17) is 0 Å². The minimum absolute atomic E-state index is 0.213. The second-order valence-electron chi connectivity index (χ2n) is 5.17. The van der Waals surface area contributed by atoms with Crippen molar-refractivity contribution in [1.82, 2.24) is 0 Å². The van der Waals surface area contributed by atoms with E-state index in [1.165, 1.54) is 0 Å². The third-order valence-corrected chi connectivity index (χ3v) is 4.95. The van der Waals surface area contributed by atoms with Crippen molar-refractivity contribution in [2.45, 2.75) is 51.7 Å². The number of ketones is 1. The van der Waals surface area contributed by atoms with Gasteiger partial charge in [0.1, 0.15) is 5.78 Å². The molecule has 0 bridgehead atoms. The number of carbonyl (C=O) groups excluding carboxylic acids is 1. The van der Waals surface area contributed by atoms with Gasteiger partial charge >= 0.3 is 0 Å². The highest BCUT2D eigenvalue weighted by Crippen LogP contribution is 2.15. The highest BCUT2D eigenvalue weighted by molar-refractivity contribution is 7.92.